The highest BCUT2D eigenvalue weighted by atomic mass is 16.5. The van der Waals surface area contributed by atoms with Crippen LogP contribution in [0.25, 0.3) is 11.1 Å². The van der Waals surface area contributed by atoms with E-state index in [0.29, 0.717) is 23.6 Å². The van der Waals surface area contributed by atoms with Gasteiger partial charge in [0.25, 0.3) is 0 Å². The Labute approximate surface area is 180 Å². The van der Waals surface area contributed by atoms with Crippen LogP contribution in [0.1, 0.15) is 18.5 Å². The number of methoxy groups -OCH3 is 2. The van der Waals surface area contributed by atoms with Crippen molar-refractivity contribution in [3.05, 3.63) is 66.1 Å². The number of fused-ring (bicyclic) bond motifs is 2. The first-order valence-electron chi connectivity index (χ1n) is 10.1. The van der Waals surface area contributed by atoms with Gasteiger partial charge in [-0.05, 0) is 41.8 Å². The van der Waals surface area contributed by atoms with Crippen molar-refractivity contribution >= 4 is 34.5 Å². The van der Waals surface area contributed by atoms with E-state index in [1.54, 1.807) is 20.4 Å². The van der Waals surface area contributed by atoms with Crippen LogP contribution in [0.3, 0.4) is 0 Å². The van der Waals surface area contributed by atoms with Gasteiger partial charge in [0.2, 0.25) is 0 Å². The molecule has 2 N–H and O–H groups in total. The van der Waals surface area contributed by atoms with E-state index in [4.69, 9.17) is 19.9 Å². The first kappa shape index (κ1) is 19.1. The minimum atomic E-state index is 0.150. The van der Waals surface area contributed by atoms with Gasteiger partial charge in [0.05, 0.1) is 37.2 Å². The number of benzene rings is 1. The van der Waals surface area contributed by atoms with Crippen LogP contribution < -0.4 is 14.8 Å². The van der Waals surface area contributed by atoms with Crippen molar-refractivity contribution in [3.8, 4) is 11.5 Å². The first-order chi connectivity index (χ1) is 15.1. The summed E-state index contributed by atoms with van der Waals surface area (Å²) in [5.41, 5.74) is 5.49. The van der Waals surface area contributed by atoms with Crippen molar-refractivity contribution in [2.45, 2.75) is 18.9 Å². The Hall–Kier alpha value is -3.87. The van der Waals surface area contributed by atoms with Crippen molar-refractivity contribution in [1.29, 1.82) is 5.41 Å². The van der Waals surface area contributed by atoms with Crippen molar-refractivity contribution < 1.29 is 9.47 Å². The fraction of sp³-hybridized carbons (Fsp3) is 0.208. The second-order valence-electron chi connectivity index (χ2n) is 7.58. The predicted molar refractivity (Wildman–Crippen MR) is 123 cm³/mol. The van der Waals surface area contributed by atoms with Gasteiger partial charge in [-0.2, -0.15) is 0 Å². The van der Waals surface area contributed by atoms with Gasteiger partial charge in [-0.15, -0.1) is 0 Å². The standard InChI is InChI=1S/C24H23N5O2/c1-30-22-8-6-18(12-23(22)31-2)27-24-21-4-3-9-29(21)14-20(28-24)15-5-7-19-16(10-15)11-17(25)13-26-19/h3-6,8-10,12-14,19,25H,7,11H2,1-2H3,(H,27,28). The van der Waals surface area contributed by atoms with E-state index in [0.717, 1.165) is 34.7 Å². The molecule has 0 spiro atoms. The van der Waals surface area contributed by atoms with Crippen LogP contribution in [-0.4, -0.2) is 41.6 Å². The quantitative estimate of drug-likeness (QED) is 0.637. The molecule has 1 aromatic carbocycles. The normalized spacial score (nSPS) is 17.7. The molecule has 1 atom stereocenters. The summed E-state index contributed by atoms with van der Waals surface area (Å²) < 4.78 is 12.8. The summed E-state index contributed by atoms with van der Waals surface area (Å²) >= 11 is 0. The highest BCUT2D eigenvalue weighted by Crippen LogP contribution is 2.34. The fourth-order valence-electron chi connectivity index (χ4n) is 4.02. The molecule has 1 aliphatic heterocycles. The second-order valence-corrected chi connectivity index (χ2v) is 7.58. The van der Waals surface area contributed by atoms with E-state index in [9.17, 15) is 0 Å². The molecule has 3 aromatic rings. The number of nitrogens with one attached hydrogen (secondary N) is 2. The number of ether oxygens (including phenoxy) is 2. The number of hydrogen-bond donors (Lipinski definition) is 2. The molecule has 1 unspecified atom stereocenters. The molecule has 156 valence electrons. The number of hydrogen-bond acceptors (Lipinski definition) is 6. The third-order valence-electron chi connectivity index (χ3n) is 5.59. The minimum absolute atomic E-state index is 0.150. The zero-order chi connectivity index (χ0) is 21.4. The Morgan fingerprint density at radius 3 is 2.87 bits per heavy atom. The van der Waals surface area contributed by atoms with Crippen LogP contribution in [0, 0.1) is 5.41 Å². The van der Waals surface area contributed by atoms with Crippen LogP contribution in [-0.2, 0) is 0 Å². The maximum atomic E-state index is 7.93. The Balaban J connectivity index is 1.52. The summed E-state index contributed by atoms with van der Waals surface area (Å²) in [7, 11) is 3.24. The monoisotopic (exact) mass is 413 g/mol. The lowest BCUT2D eigenvalue weighted by molar-refractivity contribution is 0.355. The molecule has 1 aliphatic carbocycles. The van der Waals surface area contributed by atoms with Crippen LogP contribution in [0.4, 0.5) is 11.5 Å². The molecule has 0 bridgehead atoms. The second kappa shape index (κ2) is 7.75. The zero-order valence-corrected chi connectivity index (χ0v) is 17.4. The molecule has 0 saturated carbocycles. The van der Waals surface area contributed by atoms with Gasteiger partial charge in [-0.25, -0.2) is 4.98 Å². The lowest BCUT2D eigenvalue weighted by atomic mass is 9.88. The molecule has 7 nitrogen and oxygen atoms in total. The molecule has 0 radical (unpaired) electrons. The van der Waals surface area contributed by atoms with Gasteiger partial charge in [0.15, 0.2) is 17.3 Å². The van der Waals surface area contributed by atoms with Crippen molar-refractivity contribution in [3.63, 3.8) is 0 Å². The Kier molecular flexibility index (Phi) is 4.78. The number of aliphatic imine (C=N–C) groups is 1. The zero-order valence-electron chi connectivity index (χ0n) is 17.4. The molecule has 7 heteroatoms. The third kappa shape index (κ3) is 3.59. The lowest BCUT2D eigenvalue weighted by Gasteiger charge is -2.24. The van der Waals surface area contributed by atoms with Gasteiger partial charge in [-0.3, -0.25) is 4.99 Å². The number of aromatic nitrogens is 2. The van der Waals surface area contributed by atoms with Gasteiger partial charge in [0.1, 0.15) is 0 Å². The number of allylic oxidation sites excluding steroid dienone is 2. The van der Waals surface area contributed by atoms with E-state index in [-0.39, 0.29) is 6.04 Å². The lowest BCUT2D eigenvalue weighted by Crippen LogP contribution is -2.21. The van der Waals surface area contributed by atoms with Crippen LogP contribution in [0.15, 0.2) is 65.4 Å². The van der Waals surface area contributed by atoms with Gasteiger partial charge in [-0.1, -0.05) is 12.2 Å². The Morgan fingerprint density at radius 1 is 1.16 bits per heavy atom. The molecule has 31 heavy (non-hydrogen) atoms. The SMILES string of the molecule is COc1ccc(Nc2nc(C3=CCC4N=CC(=N)CC4=C3)cn3cccc23)cc1OC. The van der Waals surface area contributed by atoms with Crippen LogP contribution in [0.2, 0.25) is 0 Å². The molecular weight excluding hydrogens is 390 g/mol. The fourth-order valence-corrected chi connectivity index (χ4v) is 4.02. The van der Waals surface area contributed by atoms with Crippen LogP contribution in [0.5, 0.6) is 11.5 Å². The van der Waals surface area contributed by atoms with E-state index < -0.39 is 0 Å². The average Bonchev–Trinajstić information content (AvgIpc) is 3.27. The summed E-state index contributed by atoms with van der Waals surface area (Å²) in [5.74, 6) is 2.09. The van der Waals surface area contributed by atoms with Crippen molar-refractivity contribution in [1.82, 2.24) is 9.38 Å². The number of rotatable bonds is 5. The summed E-state index contributed by atoms with van der Waals surface area (Å²) in [6.07, 6.45) is 11.5. The van der Waals surface area contributed by atoms with Crippen molar-refractivity contribution in [2.24, 2.45) is 4.99 Å². The first-order valence-corrected chi connectivity index (χ1v) is 10.1. The minimum Gasteiger partial charge on any atom is -0.493 e. The average molecular weight is 413 g/mol. The van der Waals surface area contributed by atoms with Crippen molar-refractivity contribution in [2.75, 3.05) is 19.5 Å². The Morgan fingerprint density at radius 2 is 2.03 bits per heavy atom. The summed E-state index contributed by atoms with van der Waals surface area (Å²) in [6.45, 7) is 0. The molecule has 2 aliphatic rings. The molecule has 3 heterocycles. The molecule has 2 aromatic heterocycles. The molecule has 5 rings (SSSR count). The smallest absolute Gasteiger partial charge is 0.162 e. The summed E-state index contributed by atoms with van der Waals surface area (Å²) in [5, 5.41) is 11.4. The van der Waals surface area contributed by atoms with E-state index in [1.807, 2.05) is 42.7 Å². The molecule has 0 amide bonds. The molecular formula is C24H23N5O2. The Bertz CT molecular complexity index is 1270. The number of nitrogens with zero attached hydrogens (tertiary/aromatic N) is 3. The largest absolute Gasteiger partial charge is 0.493 e. The van der Waals surface area contributed by atoms with E-state index >= 15 is 0 Å². The molecule has 0 saturated heterocycles. The van der Waals surface area contributed by atoms with Gasteiger partial charge in [0, 0.05) is 36.8 Å². The number of anilines is 2. The maximum absolute atomic E-state index is 7.93. The summed E-state index contributed by atoms with van der Waals surface area (Å²) in [4.78, 5) is 9.42. The van der Waals surface area contributed by atoms with Crippen LogP contribution >= 0.6 is 0 Å². The van der Waals surface area contributed by atoms with Gasteiger partial charge >= 0.3 is 0 Å². The predicted octanol–water partition coefficient (Wildman–Crippen LogP) is 4.67. The highest BCUT2D eigenvalue weighted by molar-refractivity contribution is 6.30. The molecule has 0 fully saturated rings. The highest BCUT2D eigenvalue weighted by Gasteiger charge is 2.22. The maximum Gasteiger partial charge on any atom is 0.162 e. The van der Waals surface area contributed by atoms with E-state index in [1.165, 1.54) is 5.57 Å². The summed E-state index contributed by atoms with van der Waals surface area (Å²) in [6, 6.07) is 9.88. The van der Waals surface area contributed by atoms with E-state index in [2.05, 4.69) is 26.9 Å². The topological polar surface area (TPSA) is 84.0 Å². The van der Waals surface area contributed by atoms with Gasteiger partial charge < -0.3 is 24.6 Å². The third-order valence-corrected chi connectivity index (χ3v) is 5.59.